The van der Waals surface area contributed by atoms with Gasteiger partial charge in [0.25, 0.3) is 0 Å². The van der Waals surface area contributed by atoms with E-state index in [-0.39, 0.29) is 6.09 Å². The molecule has 0 spiro atoms. The molecule has 1 amide bonds. The molecule has 2 fully saturated rings. The molecule has 2 atom stereocenters. The van der Waals surface area contributed by atoms with Crippen molar-refractivity contribution in [3.63, 3.8) is 0 Å². The highest BCUT2D eigenvalue weighted by Crippen LogP contribution is 2.19. The molecule has 2 heterocycles. The second kappa shape index (κ2) is 7.45. The highest BCUT2D eigenvalue weighted by Gasteiger charge is 2.29. The van der Waals surface area contributed by atoms with Crippen LogP contribution in [0, 0.1) is 5.92 Å². The van der Waals surface area contributed by atoms with Crippen molar-refractivity contribution >= 4 is 6.09 Å². The van der Waals surface area contributed by atoms with Gasteiger partial charge in [-0.1, -0.05) is 0 Å². The smallest absolute Gasteiger partial charge is 0.410 e. The fourth-order valence-corrected chi connectivity index (χ4v) is 2.93. The van der Waals surface area contributed by atoms with E-state index in [1.54, 1.807) is 0 Å². The van der Waals surface area contributed by atoms with Gasteiger partial charge in [-0.05, 0) is 58.9 Å². The predicted molar refractivity (Wildman–Crippen MR) is 82.4 cm³/mol. The van der Waals surface area contributed by atoms with Gasteiger partial charge in [0.1, 0.15) is 5.60 Å². The maximum absolute atomic E-state index is 12.0. The Hall–Kier alpha value is -0.810. The Labute approximate surface area is 128 Å². The lowest BCUT2D eigenvalue weighted by Gasteiger charge is -2.24. The molecule has 2 unspecified atom stereocenters. The highest BCUT2D eigenvalue weighted by atomic mass is 16.6. The fourth-order valence-electron chi connectivity index (χ4n) is 2.93. The molecule has 122 valence electrons. The molecule has 2 aliphatic rings. The monoisotopic (exact) mass is 298 g/mol. The SMILES string of the molecule is CC(C)(C)OC(=O)N1CCC(CNC2CCCOCC2)C1. The Bertz CT molecular complexity index is 333. The van der Waals surface area contributed by atoms with Crippen LogP contribution in [0.25, 0.3) is 0 Å². The van der Waals surface area contributed by atoms with E-state index in [4.69, 9.17) is 9.47 Å². The van der Waals surface area contributed by atoms with E-state index < -0.39 is 5.60 Å². The van der Waals surface area contributed by atoms with Gasteiger partial charge in [0.2, 0.25) is 0 Å². The van der Waals surface area contributed by atoms with Crippen LogP contribution >= 0.6 is 0 Å². The van der Waals surface area contributed by atoms with Crippen molar-refractivity contribution in [1.82, 2.24) is 10.2 Å². The molecule has 0 radical (unpaired) electrons. The molecule has 21 heavy (non-hydrogen) atoms. The summed E-state index contributed by atoms with van der Waals surface area (Å²) in [4.78, 5) is 13.9. The zero-order valence-corrected chi connectivity index (χ0v) is 13.7. The third-order valence-corrected chi connectivity index (χ3v) is 4.08. The molecule has 1 N–H and O–H groups in total. The van der Waals surface area contributed by atoms with Crippen molar-refractivity contribution in [2.24, 2.45) is 5.92 Å². The van der Waals surface area contributed by atoms with Gasteiger partial charge in [-0.2, -0.15) is 0 Å². The number of nitrogens with one attached hydrogen (secondary N) is 1. The van der Waals surface area contributed by atoms with Crippen LogP contribution in [-0.2, 0) is 9.47 Å². The molecule has 0 bridgehead atoms. The summed E-state index contributed by atoms with van der Waals surface area (Å²) in [7, 11) is 0. The van der Waals surface area contributed by atoms with Gasteiger partial charge < -0.3 is 19.7 Å². The standard InChI is InChI=1S/C16H30N2O3/c1-16(2,3)21-15(19)18-8-6-13(12-18)11-17-14-5-4-9-20-10-7-14/h13-14,17H,4-12H2,1-3H3. The van der Waals surface area contributed by atoms with Gasteiger partial charge in [0, 0.05) is 32.3 Å². The van der Waals surface area contributed by atoms with Crippen LogP contribution in [0.3, 0.4) is 0 Å². The van der Waals surface area contributed by atoms with Crippen LogP contribution in [0.15, 0.2) is 0 Å². The van der Waals surface area contributed by atoms with Crippen LogP contribution in [0.4, 0.5) is 4.79 Å². The zero-order chi connectivity index (χ0) is 15.3. The summed E-state index contributed by atoms with van der Waals surface area (Å²) in [5.41, 5.74) is -0.409. The number of hydrogen-bond donors (Lipinski definition) is 1. The first-order valence-corrected chi connectivity index (χ1v) is 8.23. The number of carbonyl (C=O) groups excluding carboxylic acids is 1. The van der Waals surface area contributed by atoms with Crippen LogP contribution in [0.5, 0.6) is 0 Å². The van der Waals surface area contributed by atoms with Gasteiger partial charge in [-0.3, -0.25) is 0 Å². The summed E-state index contributed by atoms with van der Waals surface area (Å²) in [5, 5.41) is 3.65. The molecule has 5 heteroatoms. The average molecular weight is 298 g/mol. The van der Waals surface area contributed by atoms with E-state index in [1.807, 2.05) is 25.7 Å². The first-order valence-electron chi connectivity index (χ1n) is 8.23. The summed E-state index contributed by atoms with van der Waals surface area (Å²) in [6.07, 6.45) is 4.33. The second-order valence-electron chi connectivity index (χ2n) is 7.23. The number of hydrogen-bond acceptors (Lipinski definition) is 4. The van der Waals surface area contributed by atoms with Crippen LogP contribution < -0.4 is 5.32 Å². The molecule has 2 rings (SSSR count). The first-order chi connectivity index (χ1) is 9.94. The number of amides is 1. The zero-order valence-electron chi connectivity index (χ0n) is 13.7. The normalized spacial score (nSPS) is 27.5. The molecule has 2 saturated heterocycles. The summed E-state index contributed by atoms with van der Waals surface area (Å²) >= 11 is 0. The minimum absolute atomic E-state index is 0.173. The number of likely N-dealkylation sites (tertiary alicyclic amines) is 1. The molecule has 0 aromatic carbocycles. The Kier molecular flexibility index (Phi) is 5.88. The molecule has 2 aliphatic heterocycles. The Morgan fingerprint density at radius 3 is 2.86 bits per heavy atom. The quantitative estimate of drug-likeness (QED) is 0.869. The maximum atomic E-state index is 12.0. The Morgan fingerprint density at radius 2 is 2.10 bits per heavy atom. The lowest BCUT2D eigenvalue weighted by molar-refractivity contribution is 0.0288. The fraction of sp³-hybridized carbons (Fsp3) is 0.938. The largest absolute Gasteiger partial charge is 0.444 e. The molecule has 5 nitrogen and oxygen atoms in total. The van der Waals surface area contributed by atoms with E-state index in [2.05, 4.69) is 5.32 Å². The molecule has 0 aromatic heterocycles. The minimum Gasteiger partial charge on any atom is -0.444 e. The van der Waals surface area contributed by atoms with Crippen LogP contribution in [0.1, 0.15) is 46.5 Å². The van der Waals surface area contributed by atoms with E-state index in [0.29, 0.717) is 12.0 Å². The number of carbonyl (C=O) groups is 1. The summed E-state index contributed by atoms with van der Waals surface area (Å²) in [6, 6.07) is 0.572. The number of nitrogens with zero attached hydrogens (tertiary/aromatic N) is 1. The molecule has 0 aliphatic carbocycles. The third-order valence-electron chi connectivity index (χ3n) is 4.08. The highest BCUT2D eigenvalue weighted by molar-refractivity contribution is 5.68. The van der Waals surface area contributed by atoms with Crippen LogP contribution in [-0.4, -0.2) is 55.5 Å². The van der Waals surface area contributed by atoms with Crippen molar-refractivity contribution < 1.29 is 14.3 Å². The lowest BCUT2D eigenvalue weighted by atomic mass is 10.1. The van der Waals surface area contributed by atoms with Crippen molar-refractivity contribution in [1.29, 1.82) is 0 Å². The maximum Gasteiger partial charge on any atom is 0.410 e. The van der Waals surface area contributed by atoms with E-state index in [1.165, 1.54) is 6.42 Å². The Balaban J connectivity index is 1.68. The van der Waals surface area contributed by atoms with Gasteiger partial charge in [0.05, 0.1) is 0 Å². The molecular weight excluding hydrogens is 268 g/mol. The summed E-state index contributed by atoms with van der Waals surface area (Å²) in [6.45, 7) is 10.1. The second-order valence-corrected chi connectivity index (χ2v) is 7.23. The van der Waals surface area contributed by atoms with E-state index in [0.717, 1.165) is 52.1 Å². The number of rotatable bonds is 3. The summed E-state index contributed by atoms with van der Waals surface area (Å²) in [5.74, 6) is 0.543. The van der Waals surface area contributed by atoms with Crippen LogP contribution in [0.2, 0.25) is 0 Å². The van der Waals surface area contributed by atoms with E-state index in [9.17, 15) is 4.79 Å². The minimum atomic E-state index is -0.409. The van der Waals surface area contributed by atoms with Crippen molar-refractivity contribution in [3.8, 4) is 0 Å². The average Bonchev–Trinajstić information content (AvgIpc) is 2.71. The van der Waals surface area contributed by atoms with E-state index >= 15 is 0 Å². The number of ether oxygens (including phenoxy) is 2. The van der Waals surface area contributed by atoms with Gasteiger partial charge >= 0.3 is 6.09 Å². The van der Waals surface area contributed by atoms with Crippen molar-refractivity contribution in [2.45, 2.75) is 58.1 Å². The van der Waals surface area contributed by atoms with Crippen molar-refractivity contribution in [3.05, 3.63) is 0 Å². The van der Waals surface area contributed by atoms with Crippen molar-refractivity contribution in [2.75, 3.05) is 32.8 Å². The van der Waals surface area contributed by atoms with Gasteiger partial charge in [-0.25, -0.2) is 4.79 Å². The third kappa shape index (κ3) is 5.83. The Morgan fingerprint density at radius 1 is 1.29 bits per heavy atom. The lowest BCUT2D eigenvalue weighted by Crippen LogP contribution is -2.37. The molecule has 0 saturated carbocycles. The summed E-state index contributed by atoms with van der Waals surface area (Å²) < 4.78 is 10.9. The first kappa shape index (κ1) is 16.6. The topological polar surface area (TPSA) is 50.8 Å². The molecule has 0 aromatic rings. The van der Waals surface area contributed by atoms with Gasteiger partial charge in [0.15, 0.2) is 0 Å². The molecular formula is C16H30N2O3. The predicted octanol–water partition coefficient (Wildman–Crippen LogP) is 2.40. The van der Waals surface area contributed by atoms with Gasteiger partial charge in [-0.15, -0.1) is 0 Å².